The van der Waals surface area contributed by atoms with E-state index in [1.807, 2.05) is 7.05 Å². The second kappa shape index (κ2) is 8.08. The lowest BCUT2D eigenvalue weighted by molar-refractivity contribution is -0.000568. The molecule has 1 aliphatic carbocycles. The van der Waals surface area contributed by atoms with Crippen LogP contribution in [0.2, 0.25) is 0 Å². The molecule has 0 radical (unpaired) electrons. The number of ether oxygens (including phenoxy) is 1. The average Bonchev–Trinajstić information content (AvgIpc) is 2.22. The van der Waals surface area contributed by atoms with Crippen LogP contribution in [0.15, 0.2) is 0 Å². The summed E-state index contributed by atoms with van der Waals surface area (Å²) in [4.78, 5) is 0. The van der Waals surface area contributed by atoms with Gasteiger partial charge in [0.15, 0.2) is 0 Å². The lowest BCUT2D eigenvalue weighted by atomic mass is 9.82. The Morgan fingerprint density at radius 1 is 1.00 bits per heavy atom. The van der Waals surface area contributed by atoms with Gasteiger partial charge in [-0.15, -0.1) is 0 Å². The summed E-state index contributed by atoms with van der Waals surface area (Å²) >= 11 is 0. The van der Waals surface area contributed by atoms with Gasteiger partial charge < -0.3 is 10.1 Å². The molecule has 2 unspecified atom stereocenters. The van der Waals surface area contributed by atoms with Crippen LogP contribution in [0, 0.1) is 11.8 Å². The van der Waals surface area contributed by atoms with Gasteiger partial charge in [0.05, 0.1) is 6.10 Å². The summed E-state index contributed by atoms with van der Waals surface area (Å²) in [5.74, 6) is 1.72. The lowest BCUT2D eigenvalue weighted by Gasteiger charge is -2.31. The molecule has 16 heavy (non-hydrogen) atoms. The molecular formula is C14H29NO. The molecule has 0 aromatic heterocycles. The van der Waals surface area contributed by atoms with Crippen LogP contribution in [0.25, 0.3) is 0 Å². The third kappa shape index (κ3) is 5.86. The number of hydrogen-bond donors (Lipinski definition) is 1. The van der Waals surface area contributed by atoms with Gasteiger partial charge >= 0.3 is 0 Å². The van der Waals surface area contributed by atoms with Crippen LogP contribution in [0.3, 0.4) is 0 Å². The molecule has 1 N–H and O–H groups in total. The SMILES string of the molecule is CNCCCCCOC1CC(C)CC(C)C1. The molecule has 2 nitrogen and oxygen atoms in total. The number of unbranched alkanes of at least 4 members (excludes halogenated alkanes) is 2. The van der Waals surface area contributed by atoms with Crippen molar-refractivity contribution in [3.8, 4) is 0 Å². The molecule has 0 aromatic rings. The van der Waals surface area contributed by atoms with E-state index in [1.54, 1.807) is 0 Å². The van der Waals surface area contributed by atoms with Crippen LogP contribution in [0.5, 0.6) is 0 Å². The van der Waals surface area contributed by atoms with Crippen molar-refractivity contribution in [1.29, 1.82) is 0 Å². The normalized spacial score (nSPS) is 30.6. The van der Waals surface area contributed by atoms with E-state index < -0.39 is 0 Å². The maximum atomic E-state index is 5.98. The van der Waals surface area contributed by atoms with Gasteiger partial charge in [-0.2, -0.15) is 0 Å². The highest BCUT2D eigenvalue weighted by molar-refractivity contribution is 4.75. The third-order valence-electron chi connectivity index (χ3n) is 3.56. The van der Waals surface area contributed by atoms with Crippen molar-refractivity contribution < 1.29 is 4.74 Å². The summed E-state index contributed by atoms with van der Waals surface area (Å²) in [6.07, 6.45) is 8.28. The lowest BCUT2D eigenvalue weighted by Crippen LogP contribution is -2.26. The molecule has 0 heterocycles. The van der Waals surface area contributed by atoms with Crippen LogP contribution in [-0.4, -0.2) is 26.3 Å². The topological polar surface area (TPSA) is 21.3 Å². The van der Waals surface area contributed by atoms with E-state index in [4.69, 9.17) is 4.74 Å². The molecular weight excluding hydrogens is 198 g/mol. The first-order valence-electron chi connectivity index (χ1n) is 6.98. The van der Waals surface area contributed by atoms with E-state index in [2.05, 4.69) is 19.2 Å². The zero-order chi connectivity index (χ0) is 11.8. The van der Waals surface area contributed by atoms with Crippen LogP contribution in [-0.2, 0) is 4.74 Å². The molecule has 0 amide bonds. The first kappa shape index (κ1) is 14.0. The predicted octanol–water partition coefficient (Wildman–Crippen LogP) is 3.22. The minimum Gasteiger partial charge on any atom is -0.378 e. The van der Waals surface area contributed by atoms with E-state index in [1.165, 1.54) is 38.5 Å². The molecule has 0 saturated heterocycles. The van der Waals surface area contributed by atoms with Crippen molar-refractivity contribution in [2.45, 2.75) is 58.5 Å². The minimum absolute atomic E-state index is 0.544. The first-order chi connectivity index (χ1) is 7.72. The van der Waals surface area contributed by atoms with Crippen molar-refractivity contribution in [1.82, 2.24) is 5.32 Å². The number of nitrogens with one attached hydrogen (secondary N) is 1. The minimum atomic E-state index is 0.544. The summed E-state index contributed by atoms with van der Waals surface area (Å²) in [5.41, 5.74) is 0. The fourth-order valence-electron chi connectivity index (χ4n) is 2.84. The standard InChI is InChI=1S/C14H29NO/c1-12-9-13(2)11-14(10-12)16-8-6-4-5-7-15-3/h12-15H,4-11H2,1-3H3. The highest BCUT2D eigenvalue weighted by atomic mass is 16.5. The molecule has 0 aliphatic heterocycles. The Labute approximate surface area is 101 Å². The number of rotatable bonds is 7. The molecule has 0 aromatic carbocycles. The Morgan fingerprint density at radius 2 is 1.69 bits per heavy atom. The maximum Gasteiger partial charge on any atom is 0.0580 e. The van der Waals surface area contributed by atoms with Crippen LogP contribution >= 0.6 is 0 Å². The van der Waals surface area contributed by atoms with Gasteiger partial charge in [0, 0.05) is 6.61 Å². The van der Waals surface area contributed by atoms with Crippen molar-refractivity contribution in [2.75, 3.05) is 20.2 Å². The molecule has 0 bridgehead atoms. The zero-order valence-corrected chi connectivity index (χ0v) is 11.3. The van der Waals surface area contributed by atoms with Crippen LogP contribution < -0.4 is 5.32 Å². The van der Waals surface area contributed by atoms with E-state index >= 15 is 0 Å². The molecule has 96 valence electrons. The second-order valence-electron chi connectivity index (χ2n) is 5.57. The van der Waals surface area contributed by atoms with E-state index in [0.717, 1.165) is 25.0 Å². The van der Waals surface area contributed by atoms with Gasteiger partial charge in [-0.05, 0) is 64.0 Å². The summed E-state index contributed by atoms with van der Waals surface area (Å²) in [6.45, 7) is 6.82. The molecule has 1 fully saturated rings. The van der Waals surface area contributed by atoms with Crippen molar-refractivity contribution in [3.05, 3.63) is 0 Å². The van der Waals surface area contributed by atoms with Crippen molar-refractivity contribution >= 4 is 0 Å². The Bertz CT molecular complexity index is 162. The van der Waals surface area contributed by atoms with E-state index in [9.17, 15) is 0 Å². The number of hydrogen-bond acceptors (Lipinski definition) is 2. The van der Waals surface area contributed by atoms with Gasteiger partial charge in [-0.25, -0.2) is 0 Å². The molecule has 2 atom stereocenters. The summed E-state index contributed by atoms with van der Waals surface area (Å²) < 4.78 is 5.98. The van der Waals surface area contributed by atoms with Crippen molar-refractivity contribution in [3.63, 3.8) is 0 Å². The largest absolute Gasteiger partial charge is 0.378 e. The summed E-state index contributed by atoms with van der Waals surface area (Å²) in [6, 6.07) is 0. The Hall–Kier alpha value is -0.0800. The van der Waals surface area contributed by atoms with Crippen LogP contribution in [0.1, 0.15) is 52.4 Å². The van der Waals surface area contributed by atoms with Gasteiger partial charge in [0.1, 0.15) is 0 Å². The third-order valence-corrected chi connectivity index (χ3v) is 3.56. The zero-order valence-electron chi connectivity index (χ0n) is 11.3. The smallest absolute Gasteiger partial charge is 0.0580 e. The Morgan fingerprint density at radius 3 is 2.31 bits per heavy atom. The summed E-state index contributed by atoms with van der Waals surface area (Å²) in [7, 11) is 2.02. The van der Waals surface area contributed by atoms with E-state index in [-0.39, 0.29) is 0 Å². The quantitative estimate of drug-likeness (QED) is 0.674. The first-order valence-corrected chi connectivity index (χ1v) is 6.98. The van der Waals surface area contributed by atoms with Crippen LogP contribution in [0.4, 0.5) is 0 Å². The molecule has 1 rings (SSSR count). The fourth-order valence-corrected chi connectivity index (χ4v) is 2.84. The Balaban J connectivity index is 1.99. The summed E-state index contributed by atoms with van der Waals surface area (Å²) in [5, 5.41) is 3.18. The fraction of sp³-hybridized carbons (Fsp3) is 1.00. The van der Waals surface area contributed by atoms with E-state index in [0.29, 0.717) is 6.10 Å². The Kier molecular flexibility index (Phi) is 7.06. The van der Waals surface area contributed by atoms with Gasteiger partial charge in [-0.3, -0.25) is 0 Å². The highest BCUT2D eigenvalue weighted by Gasteiger charge is 2.23. The maximum absolute atomic E-state index is 5.98. The second-order valence-corrected chi connectivity index (χ2v) is 5.57. The monoisotopic (exact) mass is 227 g/mol. The van der Waals surface area contributed by atoms with Crippen molar-refractivity contribution in [2.24, 2.45) is 11.8 Å². The average molecular weight is 227 g/mol. The molecule has 2 heteroatoms. The van der Waals surface area contributed by atoms with Gasteiger partial charge in [-0.1, -0.05) is 13.8 Å². The molecule has 1 saturated carbocycles. The predicted molar refractivity (Wildman–Crippen MR) is 69.7 cm³/mol. The van der Waals surface area contributed by atoms with Gasteiger partial charge in [0.25, 0.3) is 0 Å². The van der Waals surface area contributed by atoms with Gasteiger partial charge in [0.2, 0.25) is 0 Å². The molecule has 1 aliphatic rings. The highest BCUT2D eigenvalue weighted by Crippen LogP contribution is 2.30. The molecule has 0 spiro atoms.